The van der Waals surface area contributed by atoms with Crippen LogP contribution < -0.4 is 5.32 Å². The lowest BCUT2D eigenvalue weighted by atomic mass is 10.2. The van der Waals surface area contributed by atoms with E-state index in [1.54, 1.807) is 0 Å². The molecule has 1 saturated heterocycles. The van der Waals surface area contributed by atoms with Crippen LogP contribution >= 0.6 is 43.6 Å². The molecule has 146 valence electrons. The number of rotatable bonds is 3. The van der Waals surface area contributed by atoms with E-state index in [1.165, 1.54) is 11.8 Å². The van der Waals surface area contributed by atoms with Crippen molar-refractivity contribution in [3.63, 3.8) is 0 Å². The summed E-state index contributed by atoms with van der Waals surface area (Å²) in [5.41, 5.74) is 5.10. The lowest BCUT2D eigenvalue weighted by Crippen LogP contribution is -2.19. The highest BCUT2D eigenvalue weighted by Crippen LogP contribution is 2.31. The molecule has 1 aliphatic rings. The van der Waals surface area contributed by atoms with Gasteiger partial charge in [0.2, 0.25) is 0 Å². The van der Waals surface area contributed by atoms with Gasteiger partial charge in [0.25, 0.3) is 5.91 Å². The van der Waals surface area contributed by atoms with Gasteiger partial charge in [-0.3, -0.25) is 4.79 Å². The molecule has 0 bridgehead atoms. The Labute approximate surface area is 190 Å². The average Bonchev–Trinajstić information content (AvgIpc) is 3.15. The molecule has 0 saturated carbocycles. The fourth-order valence-corrected chi connectivity index (χ4v) is 4.69. The Bertz CT molecular complexity index is 1160. The molecule has 3 aromatic rings. The summed E-state index contributed by atoms with van der Waals surface area (Å²) in [7, 11) is 0. The number of aliphatic imine (C=N–C) groups is 1. The Morgan fingerprint density at radius 2 is 1.79 bits per heavy atom. The molecule has 0 spiro atoms. The summed E-state index contributed by atoms with van der Waals surface area (Å²) >= 11 is 8.27. The maximum Gasteiger partial charge on any atom is 0.264 e. The van der Waals surface area contributed by atoms with E-state index >= 15 is 0 Å². The Morgan fingerprint density at radius 3 is 2.52 bits per heavy atom. The number of aryl methyl sites for hydroxylation is 1. The molecular weight excluding hydrogens is 514 g/mol. The Kier molecular flexibility index (Phi) is 5.81. The van der Waals surface area contributed by atoms with Gasteiger partial charge in [-0.2, -0.15) is 0 Å². The van der Waals surface area contributed by atoms with Crippen molar-refractivity contribution in [1.82, 2.24) is 9.88 Å². The average molecular weight is 531 g/mol. The molecule has 2 aromatic carbocycles. The van der Waals surface area contributed by atoms with Crippen LogP contribution in [0, 0.1) is 13.8 Å². The second-order valence-electron chi connectivity index (χ2n) is 6.60. The van der Waals surface area contributed by atoms with E-state index in [0.29, 0.717) is 10.1 Å². The highest BCUT2D eigenvalue weighted by atomic mass is 79.9. The van der Waals surface area contributed by atoms with Gasteiger partial charge in [-0.15, -0.1) is 0 Å². The summed E-state index contributed by atoms with van der Waals surface area (Å²) in [5, 5.41) is 3.43. The molecule has 0 aliphatic carbocycles. The zero-order valence-corrected chi connectivity index (χ0v) is 19.7. The quantitative estimate of drug-likeness (QED) is 0.392. The zero-order valence-electron chi connectivity index (χ0n) is 15.7. The first kappa shape index (κ1) is 20.2. The maximum atomic E-state index is 12.5. The number of carbonyl (C=O) groups is 1. The second kappa shape index (κ2) is 8.34. The molecule has 1 N–H and O–H groups in total. The molecule has 4 rings (SSSR count). The number of thioether (sulfide) groups is 1. The molecule has 0 atom stereocenters. The van der Waals surface area contributed by atoms with E-state index in [0.717, 1.165) is 37.3 Å². The third kappa shape index (κ3) is 4.42. The standard InChI is InChI=1S/C22H17Br2N3OS/c1-13-10-15(14(2)27(13)19-8-6-16(23)7-9-19)11-20-21(28)26-22(29-20)25-18-5-3-4-17(24)12-18/h3-12H,1-2H3,(H,25,26,28)/b20-11+. The molecule has 0 radical (unpaired) electrons. The molecule has 7 heteroatoms. The largest absolute Gasteiger partial charge is 0.318 e. The van der Waals surface area contributed by atoms with Crippen LogP contribution in [0.4, 0.5) is 5.69 Å². The van der Waals surface area contributed by atoms with Gasteiger partial charge >= 0.3 is 0 Å². The fraction of sp³-hybridized carbons (Fsp3) is 0.0909. The number of carbonyl (C=O) groups excluding carboxylic acids is 1. The maximum absolute atomic E-state index is 12.5. The third-order valence-electron chi connectivity index (χ3n) is 4.53. The second-order valence-corrected chi connectivity index (χ2v) is 9.46. The van der Waals surface area contributed by atoms with E-state index in [9.17, 15) is 4.79 Å². The molecule has 1 amide bonds. The van der Waals surface area contributed by atoms with Crippen molar-refractivity contribution in [3.8, 4) is 5.69 Å². The SMILES string of the molecule is Cc1cc(/C=C2/SC(=Nc3cccc(Br)c3)NC2=O)c(C)n1-c1ccc(Br)cc1. The highest BCUT2D eigenvalue weighted by Gasteiger charge is 2.24. The Morgan fingerprint density at radius 1 is 1.03 bits per heavy atom. The van der Waals surface area contributed by atoms with E-state index in [-0.39, 0.29) is 5.91 Å². The topological polar surface area (TPSA) is 46.4 Å². The number of aromatic nitrogens is 1. The number of nitrogens with one attached hydrogen (secondary N) is 1. The summed E-state index contributed by atoms with van der Waals surface area (Å²) in [5.74, 6) is -0.128. The van der Waals surface area contributed by atoms with Crippen LogP contribution in [0.2, 0.25) is 0 Å². The lowest BCUT2D eigenvalue weighted by Gasteiger charge is -2.09. The molecular formula is C22H17Br2N3OS. The van der Waals surface area contributed by atoms with Gasteiger partial charge in [-0.05, 0) is 85.8 Å². The van der Waals surface area contributed by atoms with Gasteiger partial charge in [-0.1, -0.05) is 37.9 Å². The van der Waals surface area contributed by atoms with Crippen molar-refractivity contribution >= 4 is 66.5 Å². The number of hydrogen-bond donors (Lipinski definition) is 1. The molecule has 0 unspecified atom stereocenters. The van der Waals surface area contributed by atoms with Crippen LogP contribution in [0.5, 0.6) is 0 Å². The zero-order chi connectivity index (χ0) is 20.5. The predicted molar refractivity (Wildman–Crippen MR) is 128 cm³/mol. The summed E-state index contributed by atoms with van der Waals surface area (Å²) in [6, 6.07) is 18.0. The van der Waals surface area contributed by atoms with Gasteiger partial charge in [-0.25, -0.2) is 4.99 Å². The Hall–Kier alpha value is -2.09. The van der Waals surface area contributed by atoms with Crippen LogP contribution in [0.25, 0.3) is 11.8 Å². The van der Waals surface area contributed by atoms with E-state index in [2.05, 4.69) is 78.8 Å². The normalized spacial score (nSPS) is 16.6. The Balaban J connectivity index is 1.64. The molecule has 29 heavy (non-hydrogen) atoms. The molecule has 1 fully saturated rings. The predicted octanol–water partition coefficient (Wildman–Crippen LogP) is 6.51. The number of hydrogen-bond acceptors (Lipinski definition) is 3. The number of benzene rings is 2. The molecule has 2 heterocycles. The first-order valence-corrected chi connectivity index (χ1v) is 11.3. The van der Waals surface area contributed by atoms with Crippen LogP contribution in [-0.4, -0.2) is 15.6 Å². The van der Waals surface area contributed by atoms with Crippen molar-refractivity contribution in [2.24, 2.45) is 4.99 Å². The van der Waals surface area contributed by atoms with E-state index < -0.39 is 0 Å². The van der Waals surface area contributed by atoms with Gasteiger partial charge in [0.1, 0.15) is 0 Å². The molecule has 4 nitrogen and oxygen atoms in total. The van der Waals surface area contributed by atoms with Crippen molar-refractivity contribution in [2.75, 3.05) is 0 Å². The monoisotopic (exact) mass is 529 g/mol. The first-order chi connectivity index (χ1) is 13.9. The van der Waals surface area contributed by atoms with Crippen LogP contribution in [-0.2, 0) is 4.79 Å². The first-order valence-electron chi connectivity index (χ1n) is 8.91. The van der Waals surface area contributed by atoms with E-state index in [4.69, 9.17) is 0 Å². The van der Waals surface area contributed by atoms with Crippen molar-refractivity contribution in [2.45, 2.75) is 13.8 Å². The van der Waals surface area contributed by atoms with Crippen molar-refractivity contribution in [1.29, 1.82) is 0 Å². The van der Waals surface area contributed by atoms with Crippen molar-refractivity contribution in [3.05, 3.63) is 85.4 Å². The van der Waals surface area contributed by atoms with Crippen LogP contribution in [0.3, 0.4) is 0 Å². The van der Waals surface area contributed by atoms with Crippen molar-refractivity contribution < 1.29 is 4.79 Å². The minimum atomic E-state index is -0.128. The number of halogens is 2. The third-order valence-corrected chi connectivity index (χ3v) is 6.46. The summed E-state index contributed by atoms with van der Waals surface area (Å²) < 4.78 is 4.18. The molecule has 1 aromatic heterocycles. The van der Waals surface area contributed by atoms with Gasteiger partial charge in [0.05, 0.1) is 10.6 Å². The number of amides is 1. The van der Waals surface area contributed by atoms with Gasteiger partial charge in [0, 0.05) is 26.0 Å². The van der Waals surface area contributed by atoms with E-state index in [1.807, 2.05) is 42.5 Å². The minimum Gasteiger partial charge on any atom is -0.318 e. The minimum absolute atomic E-state index is 0.128. The van der Waals surface area contributed by atoms with Gasteiger partial charge in [0.15, 0.2) is 5.17 Å². The van der Waals surface area contributed by atoms with Crippen LogP contribution in [0.1, 0.15) is 17.0 Å². The number of nitrogens with zero attached hydrogens (tertiary/aromatic N) is 2. The smallest absolute Gasteiger partial charge is 0.264 e. The highest BCUT2D eigenvalue weighted by molar-refractivity contribution is 9.10. The summed E-state index contributed by atoms with van der Waals surface area (Å²) in [6.45, 7) is 4.13. The fourth-order valence-electron chi connectivity index (χ4n) is 3.21. The summed E-state index contributed by atoms with van der Waals surface area (Å²) in [4.78, 5) is 17.6. The summed E-state index contributed by atoms with van der Waals surface area (Å²) in [6.07, 6.45) is 1.93. The van der Waals surface area contributed by atoms with Gasteiger partial charge < -0.3 is 9.88 Å². The van der Waals surface area contributed by atoms with Crippen LogP contribution in [0.15, 0.2) is 73.4 Å². The molecule has 1 aliphatic heterocycles. The lowest BCUT2D eigenvalue weighted by molar-refractivity contribution is -0.115. The number of amidine groups is 1.